The molecule has 32 heavy (non-hydrogen) atoms. The average molecular weight is 495 g/mol. The molecule has 0 radical (unpaired) electrons. The molecule has 0 aromatic heterocycles. The lowest BCUT2D eigenvalue weighted by Gasteiger charge is -2.31. The van der Waals surface area contributed by atoms with E-state index in [4.69, 9.17) is 26.6 Å². The summed E-state index contributed by atoms with van der Waals surface area (Å²) < 4.78 is 33.8. The van der Waals surface area contributed by atoms with Gasteiger partial charge in [0.25, 0.3) is 0 Å². The van der Waals surface area contributed by atoms with Gasteiger partial charge in [0.1, 0.15) is 5.78 Å². The van der Waals surface area contributed by atoms with Gasteiger partial charge in [-0.1, -0.05) is 39.5 Å². The molecule has 192 valence electrons. The zero-order valence-corrected chi connectivity index (χ0v) is 24.0. The molecule has 0 bridgehead atoms. The van der Waals surface area contributed by atoms with Crippen LogP contribution in [0.5, 0.6) is 0 Å². The maximum Gasteiger partial charge on any atom is 0.503 e. The Labute approximate surface area is 199 Å². The summed E-state index contributed by atoms with van der Waals surface area (Å²) in [6, 6.07) is 0. The Bertz CT molecular complexity index is 415. The highest BCUT2D eigenvalue weighted by Gasteiger charge is 2.46. The molecular weight excluding hydrogens is 444 g/mol. The van der Waals surface area contributed by atoms with Gasteiger partial charge in [-0.3, -0.25) is 4.79 Å². The third kappa shape index (κ3) is 10.0. The second-order valence-electron chi connectivity index (χ2n) is 8.38. The van der Waals surface area contributed by atoms with Crippen molar-refractivity contribution in [3.8, 4) is 0 Å². The van der Waals surface area contributed by atoms with Crippen molar-refractivity contribution in [3.05, 3.63) is 0 Å². The van der Waals surface area contributed by atoms with Crippen LogP contribution in [-0.4, -0.2) is 66.1 Å². The van der Waals surface area contributed by atoms with Crippen molar-refractivity contribution in [2.75, 3.05) is 42.7 Å². The Morgan fingerprint density at radius 3 is 1.12 bits per heavy atom. The summed E-state index contributed by atoms with van der Waals surface area (Å²) in [6.45, 7) is 4.30. The zero-order chi connectivity index (χ0) is 24.5. The van der Waals surface area contributed by atoms with Gasteiger partial charge in [-0.2, -0.15) is 0 Å². The Hall–Kier alpha value is -0.136. The summed E-state index contributed by atoms with van der Waals surface area (Å²) in [7, 11) is 4.90. The van der Waals surface area contributed by atoms with E-state index in [1.54, 1.807) is 42.7 Å². The lowest BCUT2D eigenvalue weighted by atomic mass is 10.0. The van der Waals surface area contributed by atoms with Crippen LogP contribution in [0, 0.1) is 0 Å². The van der Waals surface area contributed by atoms with E-state index in [2.05, 4.69) is 13.8 Å². The molecule has 0 saturated carbocycles. The van der Waals surface area contributed by atoms with Gasteiger partial charge in [0.05, 0.1) is 0 Å². The number of rotatable bonds is 22. The van der Waals surface area contributed by atoms with E-state index >= 15 is 0 Å². The van der Waals surface area contributed by atoms with Crippen molar-refractivity contribution in [1.82, 2.24) is 0 Å². The normalized spacial score (nSPS) is 14.5. The summed E-state index contributed by atoms with van der Waals surface area (Å²) in [5.74, 6) is 0.382. The van der Waals surface area contributed by atoms with Gasteiger partial charge >= 0.3 is 17.6 Å². The molecule has 0 saturated heterocycles. The number of hydrogen-bond donors (Lipinski definition) is 0. The molecule has 2 unspecified atom stereocenters. The van der Waals surface area contributed by atoms with Gasteiger partial charge in [0, 0.05) is 66.6 Å². The van der Waals surface area contributed by atoms with Crippen LogP contribution < -0.4 is 0 Å². The second-order valence-corrected chi connectivity index (χ2v) is 14.9. The van der Waals surface area contributed by atoms with Crippen molar-refractivity contribution < 1.29 is 31.4 Å². The van der Waals surface area contributed by atoms with Gasteiger partial charge in [0.15, 0.2) is 0 Å². The fourth-order valence-electron chi connectivity index (χ4n) is 4.67. The van der Waals surface area contributed by atoms with Crippen LogP contribution in [0.4, 0.5) is 0 Å². The molecule has 2 atom stereocenters. The minimum absolute atomic E-state index is 0.307. The average Bonchev–Trinajstić information content (AvgIpc) is 2.83. The van der Waals surface area contributed by atoms with Crippen LogP contribution in [0.15, 0.2) is 0 Å². The smallest absolute Gasteiger partial charge is 0.377 e. The highest BCUT2D eigenvalue weighted by molar-refractivity contribution is 6.62. The minimum atomic E-state index is -2.57. The van der Waals surface area contributed by atoms with Gasteiger partial charge < -0.3 is 26.6 Å². The van der Waals surface area contributed by atoms with Crippen molar-refractivity contribution >= 4 is 23.4 Å². The van der Waals surface area contributed by atoms with E-state index in [1.165, 1.54) is 0 Å². The van der Waals surface area contributed by atoms with E-state index in [1.807, 2.05) is 0 Å². The number of carbonyl (C=O) groups is 1. The Morgan fingerprint density at radius 1 is 0.562 bits per heavy atom. The molecule has 7 nitrogen and oxygen atoms in total. The molecule has 0 fully saturated rings. The molecular formula is C23H50O7Si2. The van der Waals surface area contributed by atoms with Crippen LogP contribution in [-0.2, 0) is 31.4 Å². The molecule has 0 amide bonds. The lowest BCUT2D eigenvalue weighted by Crippen LogP contribution is -2.47. The van der Waals surface area contributed by atoms with Crippen LogP contribution in [0.25, 0.3) is 0 Å². The quantitative estimate of drug-likeness (QED) is 0.140. The highest BCUT2D eigenvalue weighted by Crippen LogP contribution is 2.33. The number of Topliss-reactive ketones (excluding diaryl/α,β-unsaturated/α-hetero) is 1. The standard InChI is InChI=1S/C23H50O7Si2/c1-9-22(31(25-3,26-4)27-5)19-15-11-13-17-21(24)18-14-12-16-20-23(10-2)32(28-6,29-7)30-8/h22-23H,9-20H2,1-8H3. The number of ketones is 1. The van der Waals surface area contributed by atoms with Gasteiger partial charge in [-0.15, -0.1) is 0 Å². The molecule has 0 aromatic carbocycles. The maximum atomic E-state index is 12.2. The molecule has 0 rings (SSSR count). The van der Waals surface area contributed by atoms with E-state index in [0.717, 1.165) is 64.2 Å². The van der Waals surface area contributed by atoms with Gasteiger partial charge in [0.2, 0.25) is 0 Å². The summed E-state index contributed by atoms with van der Waals surface area (Å²) in [5.41, 5.74) is 0.613. The number of carbonyl (C=O) groups excluding carboxylic acids is 1. The Balaban J connectivity index is 4.08. The molecule has 0 aromatic rings. The maximum absolute atomic E-state index is 12.2. The first-order valence-corrected chi connectivity index (χ1v) is 15.8. The predicted octanol–water partition coefficient (Wildman–Crippen LogP) is 5.77. The first-order chi connectivity index (χ1) is 15.4. The third-order valence-corrected chi connectivity index (χ3v) is 13.5. The SMILES string of the molecule is CCC(CCCCCC(=O)CCCCCC(CC)[Si](OC)(OC)OC)[Si](OC)(OC)OC. The predicted molar refractivity (Wildman–Crippen MR) is 133 cm³/mol. The van der Waals surface area contributed by atoms with E-state index in [0.29, 0.717) is 29.7 Å². The zero-order valence-electron chi connectivity index (χ0n) is 22.0. The summed E-state index contributed by atoms with van der Waals surface area (Å²) in [5, 5.41) is 0. The van der Waals surface area contributed by atoms with Crippen molar-refractivity contribution in [3.63, 3.8) is 0 Å². The van der Waals surface area contributed by atoms with E-state index < -0.39 is 17.6 Å². The van der Waals surface area contributed by atoms with Crippen molar-refractivity contribution in [2.45, 2.75) is 102 Å². The summed E-state index contributed by atoms with van der Waals surface area (Å²) in [4.78, 5) is 12.2. The molecule has 0 aliphatic rings. The molecule has 0 N–H and O–H groups in total. The van der Waals surface area contributed by atoms with Crippen molar-refractivity contribution in [1.29, 1.82) is 0 Å². The fourth-order valence-corrected chi connectivity index (χ4v) is 9.78. The molecule has 0 aliphatic carbocycles. The second kappa shape index (κ2) is 18.2. The summed E-state index contributed by atoms with van der Waals surface area (Å²) >= 11 is 0. The Morgan fingerprint density at radius 2 is 0.875 bits per heavy atom. The number of unbranched alkanes of at least 4 members (excludes halogenated alkanes) is 4. The first kappa shape index (κ1) is 31.9. The molecule has 0 aliphatic heterocycles. The van der Waals surface area contributed by atoms with Crippen LogP contribution in [0.1, 0.15) is 90.9 Å². The third-order valence-electron chi connectivity index (χ3n) is 6.71. The fraction of sp³-hybridized carbons (Fsp3) is 0.957. The van der Waals surface area contributed by atoms with E-state index in [-0.39, 0.29) is 0 Å². The molecule has 0 spiro atoms. The highest BCUT2D eigenvalue weighted by atomic mass is 28.4. The molecule has 0 heterocycles. The van der Waals surface area contributed by atoms with Gasteiger partial charge in [-0.25, -0.2) is 0 Å². The number of hydrogen-bond acceptors (Lipinski definition) is 7. The van der Waals surface area contributed by atoms with Crippen LogP contribution >= 0.6 is 0 Å². The molecule has 9 heteroatoms. The van der Waals surface area contributed by atoms with Crippen molar-refractivity contribution in [2.24, 2.45) is 0 Å². The summed E-state index contributed by atoms with van der Waals surface area (Å²) in [6.07, 6.45) is 11.5. The van der Waals surface area contributed by atoms with Crippen LogP contribution in [0.3, 0.4) is 0 Å². The first-order valence-electron chi connectivity index (χ1n) is 12.2. The van der Waals surface area contributed by atoms with Gasteiger partial charge in [-0.05, 0) is 38.5 Å². The largest absolute Gasteiger partial charge is 0.503 e. The monoisotopic (exact) mass is 494 g/mol. The van der Waals surface area contributed by atoms with E-state index in [9.17, 15) is 4.79 Å². The lowest BCUT2D eigenvalue weighted by molar-refractivity contribution is -0.119. The minimum Gasteiger partial charge on any atom is -0.377 e. The topological polar surface area (TPSA) is 72.5 Å². The van der Waals surface area contributed by atoms with Crippen LogP contribution in [0.2, 0.25) is 11.1 Å². The Kier molecular flexibility index (Phi) is 18.1.